The molecule has 0 unspecified atom stereocenters. The summed E-state index contributed by atoms with van der Waals surface area (Å²) in [6.45, 7) is 4.52. The van der Waals surface area contributed by atoms with Gasteiger partial charge in [0.2, 0.25) is 0 Å². The number of alkyl halides is 3. The minimum absolute atomic E-state index is 0.188. The molecule has 14 heteroatoms. The predicted molar refractivity (Wildman–Crippen MR) is 131 cm³/mol. The lowest BCUT2D eigenvalue weighted by Crippen LogP contribution is -2.48. The Kier molecular flexibility index (Phi) is 6.70. The summed E-state index contributed by atoms with van der Waals surface area (Å²) in [6, 6.07) is 12.6. The van der Waals surface area contributed by atoms with Crippen molar-refractivity contribution in [3.63, 3.8) is 0 Å². The van der Waals surface area contributed by atoms with Crippen molar-refractivity contribution in [2.75, 3.05) is 37.7 Å². The summed E-state index contributed by atoms with van der Waals surface area (Å²) in [5, 5.41) is 10.9. The van der Waals surface area contributed by atoms with E-state index in [0.717, 1.165) is 17.8 Å². The highest BCUT2D eigenvalue weighted by Crippen LogP contribution is 2.32. The molecule has 0 N–H and O–H groups in total. The quantitative estimate of drug-likeness (QED) is 0.324. The molecule has 2 aromatic carbocycles. The molecule has 5 rings (SSSR count). The molecule has 1 fully saturated rings. The molecule has 0 saturated carbocycles. The van der Waals surface area contributed by atoms with E-state index in [1.54, 1.807) is 9.47 Å². The van der Waals surface area contributed by atoms with Crippen molar-refractivity contribution >= 4 is 17.4 Å². The number of anilines is 1. The minimum atomic E-state index is -4.78. The van der Waals surface area contributed by atoms with Crippen LogP contribution in [0.15, 0.2) is 54.7 Å². The third kappa shape index (κ3) is 5.99. The molecule has 2 aliphatic rings. The van der Waals surface area contributed by atoms with E-state index < -0.39 is 16.9 Å². The number of rotatable bonds is 7. The van der Waals surface area contributed by atoms with Crippen molar-refractivity contribution in [3.05, 3.63) is 70.4 Å². The van der Waals surface area contributed by atoms with Crippen LogP contribution in [0.2, 0.25) is 0 Å². The lowest BCUT2D eigenvalue weighted by Gasteiger charge is -2.36. The maximum Gasteiger partial charge on any atom is 0.573 e. The standard InChI is InChI=1S/C25H24F3N5O6/c1-24(15-32-14-21(33(35)36)29-23(32)39-24)16-37-19-8-4-18(5-9-19)30-10-12-31(13-11-30)22(34)17-2-6-20(7-3-17)38-25(26,27)28/h2-9,14H,10-13,15-16H2,1H3/t24-/m1/s1. The Morgan fingerprint density at radius 3 is 2.31 bits per heavy atom. The van der Waals surface area contributed by atoms with Crippen molar-refractivity contribution in [2.45, 2.75) is 25.4 Å². The van der Waals surface area contributed by atoms with E-state index in [1.165, 1.54) is 18.3 Å². The maximum absolute atomic E-state index is 12.8. The highest BCUT2D eigenvalue weighted by Gasteiger charge is 2.41. The average Bonchev–Trinajstić information content (AvgIpc) is 3.43. The van der Waals surface area contributed by atoms with Crippen LogP contribution in [0.25, 0.3) is 0 Å². The summed E-state index contributed by atoms with van der Waals surface area (Å²) < 4.78 is 54.1. The van der Waals surface area contributed by atoms with Crippen molar-refractivity contribution in [1.82, 2.24) is 14.5 Å². The van der Waals surface area contributed by atoms with Gasteiger partial charge in [-0.1, -0.05) is 0 Å². The molecular formula is C25H24F3N5O6. The van der Waals surface area contributed by atoms with Gasteiger partial charge in [-0.25, -0.2) is 0 Å². The summed E-state index contributed by atoms with van der Waals surface area (Å²) in [7, 11) is 0. The number of carbonyl (C=O) groups excluding carboxylic acids is 1. The van der Waals surface area contributed by atoms with Crippen LogP contribution < -0.4 is 19.1 Å². The van der Waals surface area contributed by atoms with Crippen LogP contribution in [0, 0.1) is 10.1 Å². The first-order valence-electron chi connectivity index (χ1n) is 12.0. The van der Waals surface area contributed by atoms with Crippen LogP contribution in [0.4, 0.5) is 24.7 Å². The zero-order valence-corrected chi connectivity index (χ0v) is 20.8. The number of carbonyl (C=O) groups is 1. The van der Waals surface area contributed by atoms with Gasteiger partial charge in [0.25, 0.3) is 5.91 Å². The molecular weight excluding hydrogens is 523 g/mol. The first-order valence-corrected chi connectivity index (χ1v) is 12.0. The van der Waals surface area contributed by atoms with Gasteiger partial charge >= 0.3 is 18.2 Å². The van der Waals surface area contributed by atoms with E-state index in [4.69, 9.17) is 9.47 Å². The van der Waals surface area contributed by atoms with Crippen LogP contribution in [0.1, 0.15) is 17.3 Å². The number of piperazine rings is 1. The van der Waals surface area contributed by atoms with Gasteiger partial charge in [0.15, 0.2) is 5.60 Å². The SMILES string of the molecule is C[C@]1(COc2ccc(N3CCN(C(=O)c4ccc(OC(F)(F)F)cc4)CC3)cc2)Cn2cc([N+](=O)[O-])nc2O1. The summed E-state index contributed by atoms with van der Waals surface area (Å²) in [4.78, 5) is 30.7. The number of imidazole rings is 1. The molecule has 0 aliphatic carbocycles. The normalized spacial score (nSPS) is 18.9. The smallest absolute Gasteiger partial charge is 0.489 e. The van der Waals surface area contributed by atoms with Gasteiger partial charge in [0, 0.05) is 42.4 Å². The monoisotopic (exact) mass is 547 g/mol. The fourth-order valence-electron chi connectivity index (χ4n) is 4.50. The van der Waals surface area contributed by atoms with Gasteiger partial charge in [0.1, 0.15) is 24.3 Å². The molecule has 0 bridgehead atoms. The summed E-state index contributed by atoms with van der Waals surface area (Å²) >= 11 is 0. The molecule has 206 valence electrons. The highest BCUT2D eigenvalue weighted by molar-refractivity contribution is 5.94. The third-order valence-corrected chi connectivity index (χ3v) is 6.40. The Morgan fingerprint density at radius 2 is 1.72 bits per heavy atom. The van der Waals surface area contributed by atoms with Gasteiger partial charge in [-0.15, -0.1) is 13.2 Å². The number of hydrogen-bond acceptors (Lipinski definition) is 8. The number of nitro groups is 1. The molecule has 1 atom stereocenters. The minimum Gasteiger partial charge on any atom is -0.489 e. The van der Waals surface area contributed by atoms with Gasteiger partial charge in [-0.05, 0) is 60.4 Å². The second kappa shape index (κ2) is 10.0. The molecule has 0 spiro atoms. The van der Waals surface area contributed by atoms with Gasteiger partial charge in [0.05, 0.1) is 6.54 Å². The number of benzene rings is 2. The maximum atomic E-state index is 12.8. The second-order valence-electron chi connectivity index (χ2n) is 9.45. The van der Waals surface area contributed by atoms with Crippen molar-refractivity contribution < 1.29 is 37.1 Å². The lowest BCUT2D eigenvalue weighted by molar-refractivity contribution is -0.389. The topological polar surface area (TPSA) is 112 Å². The molecule has 1 saturated heterocycles. The number of halogens is 3. The van der Waals surface area contributed by atoms with Crippen molar-refractivity contribution in [2.24, 2.45) is 0 Å². The highest BCUT2D eigenvalue weighted by atomic mass is 19.4. The van der Waals surface area contributed by atoms with E-state index in [9.17, 15) is 28.1 Å². The third-order valence-electron chi connectivity index (χ3n) is 6.40. The number of amides is 1. The van der Waals surface area contributed by atoms with Gasteiger partial charge in [-0.3, -0.25) is 9.36 Å². The van der Waals surface area contributed by atoms with Crippen LogP contribution in [0.5, 0.6) is 17.5 Å². The van der Waals surface area contributed by atoms with E-state index in [-0.39, 0.29) is 30.1 Å². The van der Waals surface area contributed by atoms with Crippen LogP contribution >= 0.6 is 0 Å². The summed E-state index contributed by atoms with van der Waals surface area (Å²) in [5.74, 6) is -0.260. The number of aromatic nitrogens is 2. The summed E-state index contributed by atoms with van der Waals surface area (Å²) in [5.41, 5.74) is 0.532. The first-order chi connectivity index (χ1) is 18.5. The number of nitrogens with zero attached hydrogens (tertiary/aromatic N) is 5. The van der Waals surface area contributed by atoms with Crippen LogP contribution in [-0.4, -0.2) is 70.0 Å². The van der Waals surface area contributed by atoms with Crippen molar-refractivity contribution in [1.29, 1.82) is 0 Å². The first kappa shape index (κ1) is 26.1. The largest absolute Gasteiger partial charge is 0.573 e. The molecule has 11 nitrogen and oxygen atoms in total. The molecule has 2 aliphatic heterocycles. The van der Waals surface area contributed by atoms with Crippen LogP contribution in [-0.2, 0) is 6.54 Å². The fraction of sp³-hybridized carbons (Fsp3) is 0.360. The Balaban J connectivity index is 1.10. The summed E-state index contributed by atoms with van der Waals surface area (Å²) in [6.07, 6.45) is -3.45. The Hall–Kier alpha value is -4.49. The number of hydrogen-bond donors (Lipinski definition) is 0. The Bertz CT molecular complexity index is 1330. The average molecular weight is 547 g/mol. The Labute approximate surface area is 220 Å². The zero-order valence-electron chi connectivity index (χ0n) is 20.8. The van der Waals surface area contributed by atoms with Gasteiger partial charge < -0.3 is 34.1 Å². The predicted octanol–water partition coefficient (Wildman–Crippen LogP) is 3.88. The fourth-order valence-corrected chi connectivity index (χ4v) is 4.50. The van der Waals surface area contributed by atoms with Gasteiger partial charge in [-0.2, -0.15) is 0 Å². The Morgan fingerprint density at radius 1 is 1.08 bits per heavy atom. The number of fused-ring (bicyclic) bond motifs is 1. The van der Waals surface area contributed by atoms with E-state index in [2.05, 4.69) is 14.6 Å². The zero-order chi connectivity index (χ0) is 27.8. The molecule has 3 heterocycles. The van der Waals surface area contributed by atoms with Crippen molar-refractivity contribution in [3.8, 4) is 17.5 Å². The molecule has 3 aromatic rings. The molecule has 0 radical (unpaired) electrons. The molecule has 39 heavy (non-hydrogen) atoms. The second-order valence-corrected chi connectivity index (χ2v) is 9.45. The molecule has 1 aromatic heterocycles. The molecule has 1 amide bonds. The van der Waals surface area contributed by atoms with E-state index >= 15 is 0 Å². The van der Waals surface area contributed by atoms with Crippen LogP contribution in [0.3, 0.4) is 0 Å². The van der Waals surface area contributed by atoms with E-state index in [0.29, 0.717) is 44.0 Å². The number of ether oxygens (including phenoxy) is 3. The van der Waals surface area contributed by atoms with E-state index in [1.807, 2.05) is 31.2 Å². The lowest BCUT2D eigenvalue weighted by atomic mass is 10.1.